The SMILES string of the molecule is CC1(C)CCc2ccccc2C1(O)CCN. The molecule has 0 aliphatic heterocycles. The first-order chi connectivity index (χ1) is 7.51. The molecule has 0 spiro atoms. The van der Waals surface area contributed by atoms with Crippen LogP contribution in [0.5, 0.6) is 0 Å². The van der Waals surface area contributed by atoms with Crippen molar-refractivity contribution in [3.05, 3.63) is 35.4 Å². The highest BCUT2D eigenvalue weighted by Gasteiger charge is 2.47. The van der Waals surface area contributed by atoms with Gasteiger partial charge in [0.1, 0.15) is 0 Å². The fraction of sp³-hybridized carbons (Fsp3) is 0.571. The number of hydrogen-bond donors (Lipinski definition) is 2. The molecule has 1 aromatic carbocycles. The molecule has 0 saturated heterocycles. The van der Waals surface area contributed by atoms with Gasteiger partial charge in [-0.3, -0.25) is 0 Å². The van der Waals surface area contributed by atoms with Gasteiger partial charge in [-0.05, 0) is 42.3 Å². The topological polar surface area (TPSA) is 46.2 Å². The van der Waals surface area contributed by atoms with Gasteiger partial charge >= 0.3 is 0 Å². The number of benzene rings is 1. The van der Waals surface area contributed by atoms with Crippen molar-refractivity contribution >= 4 is 0 Å². The highest BCUT2D eigenvalue weighted by molar-refractivity contribution is 5.37. The molecular formula is C14H21NO. The van der Waals surface area contributed by atoms with E-state index in [4.69, 9.17) is 5.73 Å². The highest BCUT2D eigenvalue weighted by atomic mass is 16.3. The molecule has 0 fully saturated rings. The van der Waals surface area contributed by atoms with E-state index in [1.807, 2.05) is 18.2 Å². The summed E-state index contributed by atoms with van der Waals surface area (Å²) in [7, 11) is 0. The van der Waals surface area contributed by atoms with Gasteiger partial charge in [-0.15, -0.1) is 0 Å². The van der Waals surface area contributed by atoms with Crippen LogP contribution in [-0.2, 0) is 12.0 Å². The molecule has 0 heterocycles. The van der Waals surface area contributed by atoms with Gasteiger partial charge in [-0.1, -0.05) is 38.1 Å². The van der Waals surface area contributed by atoms with Gasteiger partial charge in [0.2, 0.25) is 0 Å². The van der Waals surface area contributed by atoms with E-state index in [0.29, 0.717) is 13.0 Å². The van der Waals surface area contributed by atoms with Gasteiger partial charge in [0.25, 0.3) is 0 Å². The van der Waals surface area contributed by atoms with Crippen LogP contribution in [0.4, 0.5) is 0 Å². The van der Waals surface area contributed by atoms with Crippen LogP contribution in [0.3, 0.4) is 0 Å². The number of aryl methyl sites for hydroxylation is 1. The lowest BCUT2D eigenvalue weighted by Crippen LogP contribution is -2.47. The third kappa shape index (κ3) is 1.57. The smallest absolute Gasteiger partial charge is 0.0961 e. The van der Waals surface area contributed by atoms with Crippen LogP contribution in [0, 0.1) is 5.41 Å². The molecule has 2 nitrogen and oxygen atoms in total. The fourth-order valence-corrected chi connectivity index (χ4v) is 2.84. The zero-order valence-electron chi connectivity index (χ0n) is 10.2. The number of nitrogens with two attached hydrogens (primary N) is 1. The molecule has 0 amide bonds. The molecule has 1 unspecified atom stereocenters. The summed E-state index contributed by atoms with van der Waals surface area (Å²) in [6.45, 7) is 4.80. The monoisotopic (exact) mass is 219 g/mol. The van der Waals surface area contributed by atoms with Crippen molar-refractivity contribution in [2.45, 2.75) is 38.7 Å². The van der Waals surface area contributed by atoms with Crippen LogP contribution in [0.15, 0.2) is 24.3 Å². The van der Waals surface area contributed by atoms with Gasteiger partial charge in [-0.2, -0.15) is 0 Å². The lowest BCUT2D eigenvalue weighted by molar-refractivity contribution is -0.0901. The molecule has 0 aromatic heterocycles. The summed E-state index contributed by atoms with van der Waals surface area (Å²) < 4.78 is 0. The normalized spacial score (nSPS) is 27.5. The zero-order valence-corrected chi connectivity index (χ0v) is 10.2. The number of rotatable bonds is 2. The molecule has 1 aliphatic rings. The molecule has 16 heavy (non-hydrogen) atoms. The van der Waals surface area contributed by atoms with Crippen molar-refractivity contribution in [2.24, 2.45) is 11.1 Å². The molecule has 88 valence electrons. The van der Waals surface area contributed by atoms with E-state index < -0.39 is 5.60 Å². The standard InChI is InChI=1S/C14H21NO/c1-13(2)8-7-11-5-3-4-6-12(11)14(13,16)9-10-15/h3-6,16H,7-10,15H2,1-2H3. The van der Waals surface area contributed by atoms with Gasteiger partial charge in [0, 0.05) is 0 Å². The van der Waals surface area contributed by atoms with E-state index >= 15 is 0 Å². The second-order valence-corrected chi connectivity index (χ2v) is 5.44. The third-order valence-corrected chi connectivity index (χ3v) is 4.11. The van der Waals surface area contributed by atoms with E-state index in [1.165, 1.54) is 5.56 Å². The Morgan fingerprint density at radius 2 is 2.00 bits per heavy atom. The Morgan fingerprint density at radius 3 is 2.69 bits per heavy atom. The summed E-state index contributed by atoms with van der Waals surface area (Å²) in [6, 6.07) is 8.21. The number of hydrogen-bond acceptors (Lipinski definition) is 2. The lowest BCUT2D eigenvalue weighted by Gasteiger charge is -2.47. The van der Waals surface area contributed by atoms with E-state index in [1.54, 1.807) is 0 Å². The van der Waals surface area contributed by atoms with Crippen LogP contribution in [0.2, 0.25) is 0 Å². The van der Waals surface area contributed by atoms with Crippen LogP contribution >= 0.6 is 0 Å². The van der Waals surface area contributed by atoms with Crippen LogP contribution < -0.4 is 5.73 Å². The average Bonchev–Trinajstić information content (AvgIpc) is 2.25. The Hall–Kier alpha value is -0.860. The van der Waals surface area contributed by atoms with Crippen LogP contribution in [0.25, 0.3) is 0 Å². The third-order valence-electron chi connectivity index (χ3n) is 4.11. The van der Waals surface area contributed by atoms with E-state index in [2.05, 4.69) is 19.9 Å². The predicted molar refractivity (Wildman–Crippen MR) is 66.1 cm³/mol. The van der Waals surface area contributed by atoms with E-state index in [0.717, 1.165) is 18.4 Å². The molecule has 1 aliphatic carbocycles. The molecule has 1 aromatic rings. The number of aliphatic hydroxyl groups is 1. The highest BCUT2D eigenvalue weighted by Crippen LogP contribution is 2.49. The Labute approximate surface area is 97.5 Å². The van der Waals surface area contributed by atoms with Crippen LogP contribution in [0.1, 0.15) is 37.8 Å². The fourth-order valence-electron chi connectivity index (χ4n) is 2.84. The van der Waals surface area contributed by atoms with E-state index in [-0.39, 0.29) is 5.41 Å². The Morgan fingerprint density at radius 1 is 1.31 bits per heavy atom. The zero-order chi connectivity index (χ0) is 11.8. The minimum atomic E-state index is -0.767. The second kappa shape index (κ2) is 3.86. The molecule has 2 rings (SSSR count). The summed E-state index contributed by atoms with van der Waals surface area (Å²) in [5, 5.41) is 11.0. The second-order valence-electron chi connectivity index (χ2n) is 5.44. The quantitative estimate of drug-likeness (QED) is 0.801. The molecule has 2 heteroatoms. The molecule has 0 bridgehead atoms. The summed E-state index contributed by atoms with van der Waals surface area (Å²) in [6.07, 6.45) is 2.70. The average molecular weight is 219 g/mol. The maximum atomic E-state index is 11.0. The summed E-state index contributed by atoms with van der Waals surface area (Å²) in [4.78, 5) is 0. The van der Waals surface area contributed by atoms with Crippen molar-refractivity contribution in [3.8, 4) is 0 Å². The molecular weight excluding hydrogens is 198 g/mol. The van der Waals surface area contributed by atoms with E-state index in [9.17, 15) is 5.11 Å². The van der Waals surface area contributed by atoms with Crippen molar-refractivity contribution in [1.29, 1.82) is 0 Å². The lowest BCUT2D eigenvalue weighted by atomic mass is 9.61. The first kappa shape index (κ1) is 11.6. The largest absolute Gasteiger partial charge is 0.385 e. The maximum absolute atomic E-state index is 11.0. The minimum absolute atomic E-state index is 0.0965. The van der Waals surface area contributed by atoms with Gasteiger partial charge in [-0.25, -0.2) is 0 Å². The Balaban J connectivity index is 2.53. The van der Waals surface area contributed by atoms with Crippen LogP contribution in [-0.4, -0.2) is 11.7 Å². The molecule has 3 N–H and O–H groups in total. The Kier molecular flexibility index (Phi) is 2.81. The summed E-state index contributed by atoms with van der Waals surface area (Å²) in [5.41, 5.74) is 7.16. The number of fused-ring (bicyclic) bond motifs is 1. The van der Waals surface area contributed by atoms with Gasteiger partial charge in [0.15, 0.2) is 0 Å². The molecule has 0 radical (unpaired) electrons. The Bertz CT molecular complexity index is 386. The van der Waals surface area contributed by atoms with Crippen molar-refractivity contribution in [2.75, 3.05) is 6.54 Å². The van der Waals surface area contributed by atoms with Gasteiger partial charge < -0.3 is 10.8 Å². The maximum Gasteiger partial charge on any atom is 0.0961 e. The van der Waals surface area contributed by atoms with Crippen molar-refractivity contribution < 1.29 is 5.11 Å². The molecule has 0 saturated carbocycles. The first-order valence-electron chi connectivity index (χ1n) is 6.02. The minimum Gasteiger partial charge on any atom is -0.385 e. The van der Waals surface area contributed by atoms with Crippen molar-refractivity contribution in [3.63, 3.8) is 0 Å². The molecule has 1 atom stereocenters. The summed E-state index contributed by atoms with van der Waals surface area (Å²) in [5.74, 6) is 0. The predicted octanol–water partition coefficient (Wildman–Crippen LogP) is 2.20. The summed E-state index contributed by atoms with van der Waals surface area (Å²) >= 11 is 0. The first-order valence-corrected chi connectivity index (χ1v) is 6.02. The van der Waals surface area contributed by atoms with Crippen molar-refractivity contribution in [1.82, 2.24) is 0 Å². The van der Waals surface area contributed by atoms with Gasteiger partial charge in [0.05, 0.1) is 5.60 Å².